The number of nitrogens with one attached hydrogen (secondary N) is 1. The maximum Gasteiger partial charge on any atom is 0.315 e. The van der Waals surface area contributed by atoms with Gasteiger partial charge in [0, 0.05) is 32.7 Å². The number of esters is 1. The minimum atomic E-state index is -0.504. The molecule has 7 heteroatoms. The Morgan fingerprint density at radius 3 is 2.32 bits per heavy atom. The Bertz CT molecular complexity index is 469. The lowest BCUT2D eigenvalue weighted by molar-refractivity contribution is -0.147. The van der Waals surface area contributed by atoms with E-state index in [0.29, 0.717) is 38.6 Å². The molecule has 0 aromatic carbocycles. The van der Waals surface area contributed by atoms with Crippen LogP contribution in [0, 0.1) is 5.92 Å². The summed E-state index contributed by atoms with van der Waals surface area (Å²) >= 11 is 0. The van der Waals surface area contributed by atoms with Crippen LogP contribution in [0.2, 0.25) is 0 Å². The monoisotopic (exact) mass is 353 g/mol. The Labute approximate surface area is 150 Å². The van der Waals surface area contributed by atoms with E-state index >= 15 is 0 Å². The van der Waals surface area contributed by atoms with Gasteiger partial charge in [0.05, 0.1) is 13.2 Å². The molecule has 2 rings (SSSR count). The number of amides is 2. The van der Waals surface area contributed by atoms with Crippen molar-refractivity contribution in [3.63, 3.8) is 0 Å². The minimum Gasteiger partial charge on any atom is -0.469 e. The van der Waals surface area contributed by atoms with E-state index in [-0.39, 0.29) is 24.3 Å². The predicted molar refractivity (Wildman–Crippen MR) is 93.8 cm³/mol. The molecule has 25 heavy (non-hydrogen) atoms. The number of piperazine rings is 1. The molecular formula is C18H31N3O4. The van der Waals surface area contributed by atoms with E-state index in [4.69, 9.17) is 0 Å². The lowest BCUT2D eigenvalue weighted by Gasteiger charge is -2.40. The van der Waals surface area contributed by atoms with Gasteiger partial charge in [-0.1, -0.05) is 19.8 Å². The summed E-state index contributed by atoms with van der Waals surface area (Å²) in [6.45, 7) is 5.22. The zero-order chi connectivity index (χ0) is 18.2. The van der Waals surface area contributed by atoms with Gasteiger partial charge < -0.3 is 15.0 Å². The van der Waals surface area contributed by atoms with Gasteiger partial charge in [-0.25, -0.2) is 0 Å². The highest BCUT2D eigenvalue weighted by Crippen LogP contribution is 2.31. The van der Waals surface area contributed by atoms with E-state index in [9.17, 15) is 14.4 Å². The molecular weight excluding hydrogens is 322 g/mol. The molecule has 1 saturated heterocycles. The number of carbonyl (C=O) groups excluding carboxylic acids is 3. The van der Waals surface area contributed by atoms with Crippen molar-refractivity contribution in [3.05, 3.63) is 0 Å². The summed E-state index contributed by atoms with van der Waals surface area (Å²) in [5.41, 5.74) is 0. The molecule has 1 unspecified atom stereocenters. The van der Waals surface area contributed by atoms with E-state index in [1.54, 1.807) is 4.90 Å². The van der Waals surface area contributed by atoms with E-state index < -0.39 is 5.97 Å². The predicted octanol–water partition coefficient (Wildman–Crippen LogP) is 0.779. The molecule has 1 aliphatic carbocycles. The van der Waals surface area contributed by atoms with E-state index in [1.807, 2.05) is 0 Å². The first-order valence-corrected chi connectivity index (χ1v) is 9.43. The fourth-order valence-corrected chi connectivity index (χ4v) is 3.86. The number of rotatable bonds is 7. The molecule has 0 bridgehead atoms. The van der Waals surface area contributed by atoms with Crippen LogP contribution in [0.15, 0.2) is 0 Å². The fraction of sp³-hybridized carbons (Fsp3) is 0.833. The second-order valence-electron chi connectivity index (χ2n) is 6.95. The van der Waals surface area contributed by atoms with E-state index in [0.717, 1.165) is 19.3 Å². The Morgan fingerprint density at radius 1 is 1.12 bits per heavy atom. The quantitative estimate of drug-likeness (QED) is 0.540. The van der Waals surface area contributed by atoms with Crippen LogP contribution >= 0.6 is 0 Å². The normalized spacial score (nSPS) is 20.3. The lowest BCUT2D eigenvalue weighted by Crippen LogP contribution is -2.58. The van der Waals surface area contributed by atoms with Gasteiger partial charge in [-0.2, -0.15) is 0 Å². The van der Waals surface area contributed by atoms with Crippen LogP contribution in [0.4, 0.5) is 0 Å². The van der Waals surface area contributed by atoms with Gasteiger partial charge in [-0.3, -0.25) is 19.3 Å². The summed E-state index contributed by atoms with van der Waals surface area (Å²) in [4.78, 5) is 40.0. The molecule has 1 saturated carbocycles. The minimum absolute atomic E-state index is 0.0908. The smallest absolute Gasteiger partial charge is 0.315 e. The molecule has 2 amide bonds. The average Bonchev–Trinajstić information content (AvgIpc) is 3.14. The van der Waals surface area contributed by atoms with Crippen molar-refractivity contribution in [2.24, 2.45) is 5.92 Å². The molecule has 0 radical (unpaired) electrons. The Balaban J connectivity index is 1.93. The molecule has 1 aliphatic heterocycles. The second kappa shape index (κ2) is 9.75. The lowest BCUT2D eigenvalue weighted by atomic mass is 9.95. The van der Waals surface area contributed by atoms with Gasteiger partial charge in [0.15, 0.2) is 0 Å². The molecule has 142 valence electrons. The standard InChI is InChI=1S/C18H31N3O4/c1-3-8-19-18(24)17(14-6-4-5-7-14)21-11-9-20(10-12-21)15(22)13-16(23)25-2/h14,17H,3-13H2,1-2H3,(H,19,24). The first-order chi connectivity index (χ1) is 12.1. The summed E-state index contributed by atoms with van der Waals surface area (Å²) in [6.07, 6.45) is 5.31. The van der Waals surface area contributed by atoms with Gasteiger partial charge in [-0.15, -0.1) is 0 Å². The van der Waals surface area contributed by atoms with E-state index in [1.165, 1.54) is 20.0 Å². The average molecular weight is 353 g/mol. The van der Waals surface area contributed by atoms with Gasteiger partial charge in [0.2, 0.25) is 11.8 Å². The zero-order valence-electron chi connectivity index (χ0n) is 15.5. The number of hydrogen-bond acceptors (Lipinski definition) is 5. The Kier molecular flexibility index (Phi) is 7.68. The van der Waals surface area contributed by atoms with Crippen molar-refractivity contribution in [1.29, 1.82) is 0 Å². The van der Waals surface area contributed by atoms with Crippen molar-refractivity contribution < 1.29 is 19.1 Å². The van der Waals surface area contributed by atoms with Crippen LogP contribution in [0.1, 0.15) is 45.4 Å². The topological polar surface area (TPSA) is 79.0 Å². The fourth-order valence-electron chi connectivity index (χ4n) is 3.86. The van der Waals surface area contributed by atoms with Crippen LogP contribution < -0.4 is 5.32 Å². The van der Waals surface area contributed by atoms with Gasteiger partial charge in [0.25, 0.3) is 0 Å². The first kappa shape index (κ1) is 19.7. The number of hydrogen-bond donors (Lipinski definition) is 1. The molecule has 0 aromatic rings. The summed E-state index contributed by atoms with van der Waals surface area (Å²) < 4.78 is 4.56. The highest BCUT2D eigenvalue weighted by atomic mass is 16.5. The maximum absolute atomic E-state index is 12.7. The first-order valence-electron chi connectivity index (χ1n) is 9.43. The van der Waals surface area contributed by atoms with Crippen molar-refractivity contribution in [1.82, 2.24) is 15.1 Å². The SMILES string of the molecule is CCCNC(=O)C(C1CCCC1)N1CCN(C(=O)CC(=O)OC)CC1. The summed E-state index contributed by atoms with van der Waals surface area (Å²) in [6, 6.07) is -0.0908. The molecule has 2 aliphatic rings. The van der Waals surface area contributed by atoms with Crippen LogP contribution in [0.3, 0.4) is 0 Å². The van der Waals surface area contributed by atoms with Crippen LogP contribution in [0.5, 0.6) is 0 Å². The van der Waals surface area contributed by atoms with Gasteiger partial charge in [0.1, 0.15) is 6.42 Å². The Morgan fingerprint density at radius 2 is 1.76 bits per heavy atom. The third kappa shape index (κ3) is 5.42. The largest absolute Gasteiger partial charge is 0.469 e. The summed E-state index contributed by atoms with van der Waals surface area (Å²) in [7, 11) is 1.29. The maximum atomic E-state index is 12.7. The van der Waals surface area contributed by atoms with Crippen LogP contribution in [-0.2, 0) is 19.1 Å². The van der Waals surface area contributed by atoms with Crippen molar-refractivity contribution in [3.8, 4) is 0 Å². The molecule has 1 N–H and O–H groups in total. The highest BCUT2D eigenvalue weighted by Gasteiger charge is 2.37. The number of ether oxygens (including phenoxy) is 1. The third-order valence-corrected chi connectivity index (χ3v) is 5.25. The Hall–Kier alpha value is -1.63. The number of methoxy groups -OCH3 is 1. The molecule has 0 spiro atoms. The number of nitrogens with zero attached hydrogens (tertiary/aromatic N) is 2. The number of carbonyl (C=O) groups is 3. The molecule has 1 heterocycles. The van der Waals surface area contributed by atoms with Crippen LogP contribution in [0.25, 0.3) is 0 Å². The van der Waals surface area contributed by atoms with Gasteiger partial charge >= 0.3 is 5.97 Å². The van der Waals surface area contributed by atoms with Gasteiger partial charge in [-0.05, 0) is 25.2 Å². The highest BCUT2D eigenvalue weighted by molar-refractivity contribution is 5.94. The zero-order valence-corrected chi connectivity index (χ0v) is 15.5. The second-order valence-corrected chi connectivity index (χ2v) is 6.95. The molecule has 2 fully saturated rings. The summed E-state index contributed by atoms with van der Waals surface area (Å²) in [5.74, 6) is -0.160. The molecule has 7 nitrogen and oxygen atoms in total. The summed E-state index contributed by atoms with van der Waals surface area (Å²) in [5, 5.41) is 3.05. The van der Waals surface area contributed by atoms with Crippen molar-refractivity contribution in [2.75, 3.05) is 39.8 Å². The van der Waals surface area contributed by atoms with E-state index in [2.05, 4.69) is 21.9 Å². The molecule has 0 aromatic heterocycles. The van der Waals surface area contributed by atoms with Crippen molar-refractivity contribution in [2.45, 2.75) is 51.5 Å². The third-order valence-electron chi connectivity index (χ3n) is 5.25. The molecule has 1 atom stereocenters. The van der Waals surface area contributed by atoms with Crippen molar-refractivity contribution >= 4 is 17.8 Å². The van der Waals surface area contributed by atoms with Crippen LogP contribution in [-0.4, -0.2) is 73.5 Å².